The van der Waals surface area contributed by atoms with Gasteiger partial charge in [-0.2, -0.15) is 0 Å². The van der Waals surface area contributed by atoms with Gasteiger partial charge >= 0.3 is 0 Å². The SMILES string of the molecule is c1nc(N2CCCNCC2)c2c3c(sc2n1)CCC3. The molecular formula is C14H18N4S. The zero-order valence-electron chi connectivity index (χ0n) is 11.0. The Hall–Kier alpha value is -1.20. The highest BCUT2D eigenvalue weighted by Crippen LogP contribution is 2.40. The fourth-order valence-electron chi connectivity index (χ4n) is 3.21. The van der Waals surface area contributed by atoms with Crippen LogP contribution in [0.25, 0.3) is 10.2 Å². The maximum atomic E-state index is 4.62. The van der Waals surface area contributed by atoms with Crippen LogP contribution in [-0.2, 0) is 12.8 Å². The van der Waals surface area contributed by atoms with Gasteiger partial charge in [0.1, 0.15) is 17.0 Å². The van der Waals surface area contributed by atoms with Gasteiger partial charge in [-0.1, -0.05) is 0 Å². The number of fused-ring (bicyclic) bond motifs is 3. The molecule has 0 spiro atoms. The lowest BCUT2D eigenvalue weighted by atomic mass is 10.2. The molecule has 2 aliphatic rings. The second-order valence-electron chi connectivity index (χ2n) is 5.33. The Balaban J connectivity index is 1.84. The summed E-state index contributed by atoms with van der Waals surface area (Å²) in [7, 11) is 0. The maximum absolute atomic E-state index is 4.62. The van der Waals surface area contributed by atoms with Crippen molar-refractivity contribution in [2.75, 3.05) is 31.1 Å². The van der Waals surface area contributed by atoms with Crippen molar-refractivity contribution in [2.24, 2.45) is 0 Å². The van der Waals surface area contributed by atoms with Crippen LogP contribution in [-0.4, -0.2) is 36.1 Å². The van der Waals surface area contributed by atoms with Gasteiger partial charge in [-0.15, -0.1) is 11.3 Å². The van der Waals surface area contributed by atoms with E-state index in [0.717, 1.165) is 26.2 Å². The normalized spacial score (nSPS) is 19.7. The average molecular weight is 274 g/mol. The van der Waals surface area contributed by atoms with Gasteiger partial charge in [0, 0.05) is 24.5 Å². The van der Waals surface area contributed by atoms with E-state index in [2.05, 4.69) is 20.2 Å². The molecule has 2 aromatic heterocycles. The molecule has 1 N–H and O–H groups in total. The molecule has 100 valence electrons. The Labute approximate surface area is 116 Å². The standard InChI is InChI=1S/C14H18N4S/c1-3-10-11(4-1)19-14-12(10)13(16-9-17-14)18-7-2-5-15-6-8-18/h9,15H,1-8H2. The Morgan fingerprint density at radius 1 is 1.11 bits per heavy atom. The average Bonchev–Trinajstić information content (AvgIpc) is 2.89. The number of thiophene rings is 1. The monoisotopic (exact) mass is 274 g/mol. The van der Waals surface area contributed by atoms with Crippen LogP contribution in [0.1, 0.15) is 23.3 Å². The molecule has 1 saturated heterocycles. The summed E-state index contributed by atoms with van der Waals surface area (Å²) < 4.78 is 0. The summed E-state index contributed by atoms with van der Waals surface area (Å²) in [5, 5.41) is 4.81. The Morgan fingerprint density at radius 3 is 3.11 bits per heavy atom. The molecule has 0 unspecified atom stereocenters. The Morgan fingerprint density at radius 2 is 2.11 bits per heavy atom. The molecular weight excluding hydrogens is 256 g/mol. The highest BCUT2D eigenvalue weighted by Gasteiger charge is 2.23. The fourth-order valence-corrected chi connectivity index (χ4v) is 4.43. The van der Waals surface area contributed by atoms with E-state index in [1.807, 2.05) is 11.3 Å². The van der Waals surface area contributed by atoms with Crippen molar-refractivity contribution in [3.63, 3.8) is 0 Å². The Kier molecular flexibility index (Phi) is 2.89. The van der Waals surface area contributed by atoms with Gasteiger partial charge in [-0.25, -0.2) is 9.97 Å². The smallest absolute Gasteiger partial charge is 0.141 e. The molecule has 1 aliphatic heterocycles. The first-order chi connectivity index (χ1) is 9.43. The van der Waals surface area contributed by atoms with E-state index < -0.39 is 0 Å². The lowest BCUT2D eigenvalue weighted by Gasteiger charge is -2.22. The van der Waals surface area contributed by atoms with Crippen LogP contribution in [0.2, 0.25) is 0 Å². The van der Waals surface area contributed by atoms with Crippen LogP contribution in [0.5, 0.6) is 0 Å². The molecule has 0 aromatic carbocycles. The molecule has 2 aromatic rings. The summed E-state index contributed by atoms with van der Waals surface area (Å²) >= 11 is 1.88. The summed E-state index contributed by atoms with van der Waals surface area (Å²) in [6.45, 7) is 4.32. The van der Waals surface area contributed by atoms with Crippen molar-refractivity contribution in [1.29, 1.82) is 0 Å². The summed E-state index contributed by atoms with van der Waals surface area (Å²) in [6.07, 6.45) is 6.67. The third-order valence-electron chi connectivity index (χ3n) is 4.12. The van der Waals surface area contributed by atoms with Crippen LogP contribution in [0.4, 0.5) is 5.82 Å². The summed E-state index contributed by atoms with van der Waals surface area (Å²) in [4.78, 5) is 14.3. The van der Waals surface area contributed by atoms with E-state index in [9.17, 15) is 0 Å². The first-order valence-electron chi connectivity index (χ1n) is 7.14. The summed E-state index contributed by atoms with van der Waals surface area (Å²) in [6, 6.07) is 0. The van der Waals surface area contributed by atoms with Crippen LogP contribution in [0.3, 0.4) is 0 Å². The molecule has 0 radical (unpaired) electrons. The van der Waals surface area contributed by atoms with Crippen molar-refractivity contribution in [1.82, 2.24) is 15.3 Å². The van der Waals surface area contributed by atoms with Gasteiger partial charge in [0.2, 0.25) is 0 Å². The van der Waals surface area contributed by atoms with E-state index in [4.69, 9.17) is 0 Å². The number of aromatic nitrogens is 2. The Bertz CT molecular complexity index is 599. The van der Waals surface area contributed by atoms with Gasteiger partial charge < -0.3 is 10.2 Å². The largest absolute Gasteiger partial charge is 0.355 e. The van der Waals surface area contributed by atoms with Crippen LogP contribution < -0.4 is 10.2 Å². The quantitative estimate of drug-likeness (QED) is 0.863. The zero-order valence-corrected chi connectivity index (χ0v) is 11.8. The van der Waals surface area contributed by atoms with Crippen LogP contribution in [0.15, 0.2) is 6.33 Å². The molecule has 4 nitrogen and oxygen atoms in total. The van der Waals surface area contributed by atoms with Crippen molar-refractivity contribution in [3.05, 3.63) is 16.8 Å². The number of nitrogens with zero attached hydrogens (tertiary/aromatic N) is 3. The lowest BCUT2D eigenvalue weighted by molar-refractivity contribution is 0.724. The van der Waals surface area contributed by atoms with E-state index in [1.165, 1.54) is 47.3 Å². The van der Waals surface area contributed by atoms with E-state index >= 15 is 0 Å². The third-order valence-corrected chi connectivity index (χ3v) is 5.32. The van der Waals surface area contributed by atoms with Crippen LogP contribution >= 0.6 is 11.3 Å². The van der Waals surface area contributed by atoms with E-state index in [1.54, 1.807) is 11.2 Å². The molecule has 19 heavy (non-hydrogen) atoms. The molecule has 0 atom stereocenters. The van der Waals surface area contributed by atoms with Gasteiger partial charge in [0.05, 0.1) is 5.39 Å². The van der Waals surface area contributed by atoms with E-state index in [-0.39, 0.29) is 0 Å². The molecule has 3 heterocycles. The fraction of sp³-hybridized carbons (Fsp3) is 0.571. The summed E-state index contributed by atoms with van der Waals surface area (Å²) in [5.74, 6) is 1.17. The maximum Gasteiger partial charge on any atom is 0.141 e. The number of aryl methyl sites for hydroxylation is 2. The first-order valence-corrected chi connectivity index (χ1v) is 7.96. The highest BCUT2D eigenvalue weighted by atomic mass is 32.1. The molecule has 0 saturated carbocycles. The summed E-state index contributed by atoms with van der Waals surface area (Å²) in [5.41, 5.74) is 1.54. The highest BCUT2D eigenvalue weighted by molar-refractivity contribution is 7.19. The number of rotatable bonds is 1. The second-order valence-corrected chi connectivity index (χ2v) is 6.41. The molecule has 1 fully saturated rings. The number of hydrogen-bond acceptors (Lipinski definition) is 5. The predicted octanol–water partition coefficient (Wildman–Crippen LogP) is 1.98. The van der Waals surface area contributed by atoms with Crippen molar-refractivity contribution in [2.45, 2.75) is 25.7 Å². The van der Waals surface area contributed by atoms with Gasteiger partial charge in [0.15, 0.2) is 0 Å². The molecule has 0 amide bonds. The zero-order chi connectivity index (χ0) is 12.7. The van der Waals surface area contributed by atoms with Gasteiger partial charge in [-0.05, 0) is 37.8 Å². The number of anilines is 1. The lowest BCUT2D eigenvalue weighted by Crippen LogP contribution is -2.28. The minimum absolute atomic E-state index is 1.05. The number of hydrogen-bond donors (Lipinski definition) is 1. The molecule has 5 heteroatoms. The van der Waals surface area contributed by atoms with Crippen LogP contribution in [0, 0.1) is 0 Å². The molecule has 0 bridgehead atoms. The molecule has 4 rings (SSSR count). The minimum Gasteiger partial charge on any atom is -0.355 e. The van der Waals surface area contributed by atoms with Gasteiger partial charge in [-0.3, -0.25) is 0 Å². The molecule has 1 aliphatic carbocycles. The van der Waals surface area contributed by atoms with Crippen molar-refractivity contribution >= 4 is 27.4 Å². The first kappa shape index (κ1) is 11.6. The number of nitrogens with one attached hydrogen (secondary N) is 1. The van der Waals surface area contributed by atoms with E-state index in [0.29, 0.717) is 0 Å². The topological polar surface area (TPSA) is 41.1 Å². The minimum atomic E-state index is 1.05. The second kappa shape index (κ2) is 4.72. The van der Waals surface area contributed by atoms with Gasteiger partial charge in [0.25, 0.3) is 0 Å². The van der Waals surface area contributed by atoms with Crippen molar-refractivity contribution in [3.8, 4) is 0 Å². The van der Waals surface area contributed by atoms with Crippen molar-refractivity contribution < 1.29 is 0 Å². The predicted molar refractivity (Wildman–Crippen MR) is 79.1 cm³/mol. The third kappa shape index (κ3) is 1.92.